The Morgan fingerprint density at radius 3 is 2.88 bits per heavy atom. The minimum Gasteiger partial charge on any atom is -0.472 e. The van der Waals surface area contributed by atoms with Crippen LogP contribution in [0.15, 0.2) is 57.8 Å². The number of fused-ring (bicyclic) bond motifs is 1. The van der Waals surface area contributed by atoms with Crippen molar-refractivity contribution in [2.75, 3.05) is 5.32 Å². The molecule has 0 unspecified atom stereocenters. The molecule has 2 aromatic heterocycles. The summed E-state index contributed by atoms with van der Waals surface area (Å²) in [5, 5.41) is 10.8. The maximum atomic E-state index is 14.3. The van der Waals surface area contributed by atoms with E-state index in [1.165, 1.54) is 0 Å². The number of hydrogen-bond acceptors (Lipinski definition) is 3. The SMILES string of the molecule is Cc1ccc(Br)c(F)c1C(=O)Nc1ccc2[nH]nc(-c3ccoc3)c2c1. The Hall–Kier alpha value is -2.93. The average Bonchev–Trinajstić information content (AvgIpc) is 3.27. The highest BCUT2D eigenvalue weighted by Gasteiger charge is 2.18. The summed E-state index contributed by atoms with van der Waals surface area (Å²) in [6, 6.07) is 10.4. The Balaban J connectivity index is 1.71. The second kappa shape index (κ2) is 6.42. The summed E-state index contributed by atoms with van der Waals surface area (Å²) in [6.07, 6.45) is 3.17. The molecule has 130 valence electrons. The Morgan fingerprint density at radius 1 is 1.27 bits per heavy atom. The number of benzene rings is 2. The van der Waals surface area contributed by atoms with Gasteiger partial charge in [0.15, 0.2) is 0 Å². The highest BCUT2D eigenvalue weighted by atomic mass is 79.9. The number of rotatable bonds is 3. The first-order valence-corrected chi connectivity index (χ1v) is 8.60. The summed E-state index contributed by atoms with van der Waals surface area (Å²) in [4.78, 5) is 12.6. The van der Waals surface area contributed by atoms with Crippen LogP contribution >= 0.6 is 15.9 Å². The third kappa shape index (κ3) is 2.80. The van der Waals surface area contributed by atoms with Crippen molar-refractivity contribution in [3.8, 4) is 11.3 Å². The Kier molecular flexibility index (Phi) is 4.08. The molecule has 2 aromatic carbocycles. The zero-order chi connectivity index (χ0) is 18.3. The summed E-state index contributed by atoms with van der Waals surface area (Å²) < 4.78 is 19.7. The summed E-state index contributed by atoms with van der Waals surface area (Å²) in [7, 11) is 0. The number of H-pyrrole nitrogens is 1. The summed E-state index contributed by atoms with van der Waals surface area (Å²) in [6.45, 7) is 1.70. The van der Waals surface area contributed by atoms with Gasteiger partial charge in [0.1, 0.15) is 11.5 Å². The monoisotopic (exact) mass is 413 g/mol. The van der Waals surface area contributed by atoms with Crippen LogP contribution in [0.1, 0.15) is 15.9 Å². The van der Waals surface area contributed by atoms with Gasteiger partial charge in [-0.15, -0.1) is 0 Å². The molecule has 0 atom stereocenters. The molecule has 26 heavy (non-hydrogen) atoms. The molecule has 5 nitrogen and oxygen atoms in total. The maximum absolute atomic E-state index is 14.3. The number of anilines is 1. The third-order valence-electron chi connectivity index (χ3n) is 4.15. The summed E-state index contributed by atoms with van der Waals surface area (Å²) >= 11 is 3.12. The minimum absolute atomic E-state index is 0.0155. The molecule has 0 saturated carbocycles. The van der Waals surface area contributed by atoms with Gasteiger partial charge in [-0.1, -0.05) is 6.07 Å². The Morgan fingerprint density at radius 2 is 2.12 bits per heavy atom. The van der Waals surface area contributed by atoms with E-state index in [0.717, 1.165) is 22.2 Å². The first kappa shape index (κ1) is 16.5. The maximum Gasteiger partial charge on any atom is 0.258 e. The van der Waals surface area contributed by atoms with Gasteiger partial charge in [-0.3, -0.25) is 9.89 Å². The van der Waals surface area contributed by atoms with Gasteiger partial charge in [0.2, 0.25) is 0 Å². The van der Waals surface area contributed by atoms with Gasteiger partial charge in [0.05, 0.1) is 28.1 Å². The van der Waals surface area contributed by atoms with Gasteiger partial charge in [-0.05, 0) is 58.7 Å². The number of nitrogens with one attached hydrogen (secondary N) is 2. The predicted octanol–water partition coefficient (Wildman–Crippen LogP) is 5.29. The fraction of sp³-hybridized carbons (Fsp3) is 0.0526. The van der Waals surface area contributed by atoms with Crippen molar-refractivity contribution in [3.63, 3.8) is 0 Å². The lowest BCUT2D eigenvalue weighted by Gasteiger charge is -2.10. The van der Waals surface area contributed by atoms with Gasteiger partial charge in [-0.25, -0.2) is 4.39 Å². The normalized spacial score (nSPS) is 11.0. The van der Waals surface area contributed by atoms with Gasteiger partial charge in [-0.2, -0.15) is 5.10 Å². The van der Waals surface area contributed by atoms with E-state index in [0.29, 0.717) is 11.3 Å². The zero-order valence-corrected chi connectivity index (χ0v) is 15.2. The summed E-state index contributed by atoms with van der Waals surface area (Å²) in [5.41, 5.74) is 3.49. The lowest BCUT2D eigenvalue weighted by molar-refractivity contribution is 0.102. The molecule has 0 bridgehead atoms. The van der Waals surface area contributed by atoms with Crippen LogP contribution in [0.4, 0.5) is 10.1 Å². The molecule has 0 aliphatic carbocycles. The largest absolute Gasteiger partial charge is 0.472 e. The predicted molar refractivity (Wildman–Crippen MR) is 101 cm³/mol. The lowest BCUT2D eigenvalue weighted by atomic mass is 10.1. The van der Waals surface area contributed by atoms with E-state index in [1.807, 2.05) is 6.07 Å². The van der Waals surface area contributed by atoms with Crippen molar-refractivity contribution in [1.29, 1.82) is 0 Å². The molecule has 2 heterocycles. The first-order chi connectivity index (χ1) is 12.5. The van der Waals surface area contributed by atoms with E-state index in [9.17, 15) is 9.18 Å². The Bertz CT molecular complexity index is 1120. The van der Waals surface area contributed by atoms with Crippen LogP contribution in [-0.4, -0.2) is 16.1 Å². The van der Waals surface area contributed by atoms with Crippen molar-refractivity contribution in [2.24, 2.45) is 0 Å². The van der Waals surface area contributed by atoms with Crippen molar-refractivity contribution in [3.05, 3.63) is 70.3 Å². The summed E-state index contributed by atoms with van der Waals surface area (Å²) in [5.74, 6) is -1.08. The molecule has 0 aliphatic heterocycles. The molecule has 0 radical (unpaired) electrons. The van der Waals surface area contributed by atoms with Crippen molar-refractivity contribution in [2.45, 2.75) is 6.92 Å². The van der Waals surface area contributed by atoms with E-state index in [1.54, 1.807) is 49.8 Å². The number of amides is 1. The van der Waals surface area contributed by atoms with Crippen LogP contribution in [-0.2, 0) is 0 Å². The van der Waals surface area contributed by atoms with E-state index in [2.05, 4.69) is 31.4 Å². The number of aromatic nitrogens is 2. The number of halogens is 2. The topological polar surface area (TPSA) is 70.9 Å². The molecule has 1 amide bonds. The number of furan rings is 1. The number of aromatic amines is 1. The highest BCUT2D eigenvalue weighted by molar-refractivity contribution is 9.10. The molecule has 0 saturated heterocycles. The van der Waals surface area contributed by atoms with Crippen LogP contribution in [0.2, 0.25) is 0 Å². The van der Waals surface area contributed by atoms with Crippen LogP contribution in [0.25, 0.3) is 22.2 Å². The molecular weight excluding hydrogens is 401 g/mol. The van der Waals surface area contributed by atoms with E-state index >= 15 is 0 Å². The van der Waals surface area contributed by atoms with E-state index in [-0.39, 0.29) is 10.0 Å². The van der Waals surface area contributed by atoms with Crippen LogP contribution in [0.3, 0.4) is 0 Å². The number of carbonyl (C=O) groups excluding carboxylic acids is 1. The number of hydrogen-bond donors (Lipinski definition) is 2. The molecule has 0 aliphatic rings. The smallest absolute Gasteiger partial charge is 0.258 e. The molecule has 2 N–H and O–H groups in total. The average molecular weight is 414 g/mol. The van der Waals surface area contributed by atoms with Crippen molar-refractivity contribution >= 4 is 38.4 Å². The van der Waals surface area contributed by atoms with Crippen LogP contribution < -0.4 is 5.32 Å². The molecular formula is C19H13BrFN3O2. The molecule has 4 rings (SSSR count). The van der Waals surface area contributed by atoms with Gasteiger partial charge in [0, 0.05) is 16.6 Å². The highest BCUT2D eigenvalue weighted by Crippen LogP contribution is 2.29. The van der Waals surface area contributed by atoms with E-state index in [4.69, 9.17) is 4.42 Å². The van der Waals surface area contributed by atoms with Crippen molar-refractivity contribution < 1.29 is 13.6 Å². The second-order valence-corrected chi connectivity index (χ2v) is 6.71. The van der Waals surface area contributed by atoms with Crippen molar-refractivity contribution in [1.82, 2.24) is 10.2 Å². The molecule has 7 heteroatoms. The Labute approximate surface area is 156 Å². The lowest BCUT2D eigenvalue weighted by Crippen LogP contribution is -2.15. The fourth-order valence-electron chi connectivity index (χ4n) is 2.83. The minimum atomic E-state index is -0.578. The molecule has 4 aromatic rings. The van der Waals surface area contributed by atoms with Crippen LogP contribution in [0.5, 0.6) is 0 Å². The molecule has 0 spiro atoms. The first-order valence-electron chi connectivity index (χ1n) is 7.81. The number of nitrogens with zero attached hydrogens (tertiary/aromatic N) is 1. The second-order valence-electron chi connectivity index (χ2n) is 5.85. The molecule has 0 fully saturated rings. The number of aryl methyl sites for hydroxylation is 1. The van der Waals surface area contributed by atoms with Crippen LogP contribution in [0, 0.1) is 12.7 Å². The zero-order valence-electron chi connectivity index (χ0n) is 13.6. The fourth-order valence-corrected chi connectivity index (χ4v) is 3.16. The third-order valence-corrected chi connectivity index (χ3v) is 4.76. The van der Waals surface area contributed by atoms with E-state index < -0.39 is 11.7 Å². The van der Waals surface area contributed by atoms with Gasteiger partial charge in [0.25, 0.3) is 5.91 Å². The number of carbonyl (C=O) groups is 1. The van der Waals surface area contributed by atoms with Gasteiger partial charge >= 0.3 is 0 Å². The quantitative estimate of drug-likeness (QED) is 0.479. The standard InChI is InChI=1S/C19H13BrFN3O2/c1-10-2-4-14(20)17(21)16(10)19(25)22-12-3-5-15-13(8-12)18(24-23-15)11-6-7-26-9-11/h2-9H,1H3,(H,22,25)(H,23,24). The van der Waals surface area contributed by atoms with Gasteiger partial charge < -0.3 is 9.73 Å².